The van der Waals surface area contributed by atoms with Crippen molar-refractivity contribution >= 4 is 29.3 Å². The van der Waals surface area contributed by atoms with E-state index in [4.69, 9.17) is 8.83 Å². The summed E-state index contributed by atoms with van der Waals surface area (Å²) in [6.45, 7) is 1.73. The van der Waals surface area contributed by atoms with Gasteiger partial charge in [0.1, 0.15) is 17.6 Å². The molecule has 1 unspecified atom stereocenters. The Bertz CT molecular complexity index is 1030. The number of carbonyl (C=O) groups is 2. The molecule has 0 radical (unpaired) electrons. The average molecular weight is 415 g/mol. The maximum Gasteiger partial charge on any atom is 0.263 e. The monoisotopic (exact) mass is 415 g/mol. The van der Waals surface area contributed by atoms with Crippen molar-refractivity contribution in [1.29, 1.82) is 0 Å². The molecule has 1 fully saturated rings. The predicted molar refractivity (Wildman–Crippen MR) is 106 cm³/mol. The molecule has 1 aliphatic heterocycles. The van der Waals surface area contributed by atoms with Crippen LogP contribution >= 0.6 is 11.8 Å². The number of carbonyl (C=O) groups excluding carboxylic acids is 2. The number of aromatic nitrogens is 1. The third-order valence-corrected chi connectivity index (χ3v) is 5.55. The first-order valence-corrected chi connectivity index (χ1v) is 10.1. The van der Waals surface area contributed by atoms with Crippen LogP contribution in [0.1, 0.15) is 11.5 Å². The number of aryl methyl sites for hydroxylation is 1. The van der Waals surface area contributed by atoms with Crippen LogP contribution in [0.3, 0.4) is 0 Å². The molecule has 1 atom stereocenters. The maximum absolute atomic E-state index is 13.3. The number of benzene rings is 1. The lowest BCUT2D eigenvalue weighted by Gasteiger charge is -2.23. The van der Waals surface area contributed by atoms with Crippen molar-refractivity contribution in [3.05, 3.63) is 59.9 Å². The van der Waals surface area contributed by atoms with Gasteiger partial charge in [0.05, 0.1) is 24.3 Å². The van der Waals surface area contributed by atoms with E-state index in [1.54, 1.807) is 25.1 Å². The van der Waals surface area contributed by atoms with E-state index >= 15 is 0 Å². The number of amides is 2. The minimum absolute atomic E-state index is 0.0142. The Morgan fingerprint density at radius 1 is 1.34 bits per heavy atom. The predicted octanol–water partition coefficient (Wildman–Crippen LogP) is 3.46. The molecule has 4 rings (SSSR count). The van der Waals surface area contributed by atoms with Crippen LogP contribution in [0.15, 0.2) is 51.5 Å². The number of hydrogen-bond acceptors (Lipinski definition) is 6. The van der Waals surface area contributed by atoms with E-state index in [-0.39, 0.29) is 18.2 Å². The second kappa shape index (κ2) is 8.12. The highest BCUT2D eigenvalue weighted by atomic mass is 32.2. The molecule has 7 nitrogen and oxygen atoms in total. The molecule has 150 valence electrons. The zero-order valence-electron chi connectivity index (χ0n) is 15.6. The Hall–Kier alpha value is -3.07. The first-order valence-electron chi connectivity index (χ1n) is 8.95. The Kier molecular flexibility index (Phi) is 5.39. The van der Waals surface area contributed by atoms with E-state index in [1.165, 1.54) is 41.1 Å². The zero-order chi connectivity index (χ0) is 20.4. The van der Waals surface area contributed by atoms with Crippen molar-refractivity contribution in [3.63, 3.8) is 0 Å². The van der Waals surface area contributed by atoms with Gasteiger partial charge in [-0.25, -0.2) is 9.37 Å². The van der Waals surface area contributed by atoms with Crippen LogP contribution < -0.4 is 5.32 Å². The second-order valence-corrected chi connectivity index (χ2v) is 7.55. The number of anilines is 1. The van der Waals surface area contributed by atoms with Crippen molar-refractivity contribution in [2.45, 2.75) is 19.4 Å². The van der Waals surface area contributed by atoms with Crippen LogP contribution in [0.4, 0.5) is 10.1 Å². The van der Waals surface area contributed by atoms with Crippen LogP contribution in [0.2, 0.25) is 0 Å². The zero-order valence-corrected chi connectivity index (χ0v) is 16.4. The van der Waals surface area contributed by atoms with Crippen LogP contribution in [0.25, 0.3) is 11.7 Å². The summed E-state index contributed by atoms with van der Waals surface area (Å²) in [4.78, 5) is 31.4. The fourth-order valence-corrected chi connectivity index (χ4v) is 4.22. The van der Waals surface area contributed by atoms with Gasteiger partial charge in [0.15, 0.2) is 5.76 Å². The highest BCUT2D eigenvalue weighted by Crippen LogP contribution is 2.26. The summed E-state index contributed by atoms with van der Waals surface area (Å²) in [5, 5.41) is 2.67. The highest BCUT2D eigenvalue weighted by molar-refractivity contribution is 7.99. The smallest absolute Gasteiger partial charge is 0.263 e. The van der Waals surface area contributed by atoms with Crippen LogP contribution in [0.5, 0.6) is 0 Å². The number of hydrogen-bond donors (Lipinski definition) is 1. The lowest BCUT2D eigenvalue weighted by atomic mass is 10.2. The Balaban J connectivity index is 1.45. The standard InChI is InChI=1S/C20H18FN3O4S/c1-12-15(23-20(28-12)17-6-3-7-27-17)9-18(25)24-11-29-10-16(24)19(26)22-14-5-2-4-13(21)8-14/h2-8,16H,9-11H2,1H3,(H,22,26). The van der Waals surface area contributed by atoms with Crippen LogP contribution in [0, 0.1) is 12.7 Å². The number of nitrogens with one attached hydrogen (secondary N) is 1. The van der Waals surface area contributed by atoms with Crippen LogP contribution in [-0.4, -0.2) is 39.4 Å². The molecule has 1 N–H and O–H groups in total. The number of thioether (sulfide) groups is 1. The molecule has 3 aromatic rings. The lowest BCUT2D eigenvalue weighted by molar-refractivity contribution is -0.135. The number of halogens is 1. The molecule has 3 heterocycles. The molecule has 2 aromatic heterocycles. The third-order valence-electron chi connectivity index (χ3n) is 4.54. The normalized spacial score (nSPS) is 16.2. The SMILES string of the molecule is Cc1oc(-c2ccco2)nc1CC(=O)N1CSCC1C(=O)Nc1cccc(F)c1. The molecule has 1 aliphatic rings. The van der Waals surface area contributed by atoms with Gasteiger partial charge in [-0.2, -0.15) is 0 Å². The minimum Gasteiger partial charge on any atom is -0.459 e. The van der Waals surface area contributed by atoms with E-state index in [1.807, 2.05) is 0 Å². The molecule has 0 bridgehead atoms. The number of rotatable bonds is 5. The molecular weight excluding hydrogens is 397 g/mol. The summed E-state index contributed by atoms with van der Waals surface area (Å²) < 4.78 is 24.2. The van der Waals surface area contributed by atoms with E-state index in [2.05, 4.69) is 10.3 Å². The van der Waals surface area contributed by atoms with Gasteiger partial charge in [-0.05, 0) is 37.3 Å². The van der Waals surface area contributed by atoms with Crippen molar-refractivity contribution in [2.24, 2.45) is 0 Å². The van der Waals surface area contributed by atoms with Crippen molar-refractivity contribution in [1.82, 2.24) is 9.88 Å². The molecule has 0 aliphatic carbocycles. The fourth-order valence-electron chi connectivity index (χ4n) is 3.04. The van der Waals surface area contributed by atoms with E-state index in [0.29, 0.717) is 40.4 Å². The first kappa shape index (κ1) is 19.3. The molecule has 0 spiro atoms. The molecule has 1 aromatic carbocycles. The van der Waals surface area contributed by atoms with Gasteiger partial charge < -0.3 is 19.1 Å². The van der Waals surface area contributed by atoms with Gasteiger partial charge in [0.25, 0.3) is 5.89 Å². The van der Waals surface area contributed by atoms with E-state index in [9.17, 15) is 14.0 Å². The molecule has 29 heavy (non-hydrogen) atoms. The van der Waals surface area contributed by atoms with Gasteiger partial charge in [0.2, 0.25) is 11.8 Å². The van der Waals surface area contributed by atoms with Crippen molar-refractivity contribution in [2.75, 3.05) is 16.9 Å². The molecule has 2 amide bonds. The molecular formula is C20H18FN3O4S. The van der Waals surface area contributed by atoms with Crippen LogP contribution in [-0.2, 0) is 16.0 Å². The van der Waals surface area contributed by atoms with Gasteiger partial charge in [-0.3, -0.25) is 9.59 Å². The summed E-state index contributed by atoms with van der Waals surface area (Å²) >= 11 is 1.49. The molecule has 1 saturated heterocycles. The average Bonchev–Trinajstić information content (AvgIpc) is 3.43. The first-order chi connectivity index (χ1) is 14.0. The Labute approximate surface area is 170 Å². The topological polar surface area (TPSA) is 88.6 Å². The van der Waals surface area contributed by atoms with Gasteiger partial charge in [-0.15, -0.1) is 11.8 Å². The third kappa shape index (κ3) is 4.19. The van der Waals surface area contributed by atoms with E-state index < -0.39 is 11.9 Å². The molecule has 0 saturated carbocycles. The van der Waals surface area contributed by atoms with Gasteiger partial charge >= 0.3 is 0 Å². The Morgan fingerprint density at radius 3 is 2.97 bits per heavy atom. The number of oxazole rings is 1. The summed E-state index contributed by atoms with van der Waals surface area (Å²) in [6.07, 6.45) is 1.53. The summed E-state index contributed by atoms with van der Waals surface area (Å²) in [5.41, 5.74) is 0.859. The quantitative estimate of drug-likeness (QED) is 0.687. The molecule has 9 heteroatoms. The van der Waals surface area contributed by atoms with Gasteiger partial charge in [0, 0.05) is 11.4 Å². The van der Waals surface area contributed by atoms with Crippen molar-refractivity contribution in [3.8, 4) is 11.7 Å². The maximum atomic E-state index is 13.3. The second-order valence-electron chi connectivity index (χ2n) is 6.55. The largest absolute Gasteiger partial charge is 0.459 e. The highest BCUT2D eigenvalue weighted by Gasteiger charge is 2.35. The lowest BCUT2D eigenvalue weighted by Crippen LogP contribution is -2.45. The van der Waals surface area contributed by atoms with E-state index in [0.717, 1.165) is 0 Å². The van der Waals surface area contributed by atoms with Crippen molar-refractivity contribution < 1.29 is 22.8 Å². The number of nitrogens with zero attached hydrogens (tertiary/aromatic N) is 2. The van der Waals surface area contributed by atoms with Gasteiger partial charge in [-0.1, -0.05) is 6.07 Å². The summed E-state index contributed by atoms with van der Waals surface area (Å²) in [7, 11) is 0. The minimum atomic E-state index is -0.632. The summed E-state index contributed by atoms with van der Waals surface area (Å²) in [5.74, 6) is 1.19. The Morgan fingerprint density at radius 2 is 2.21 bits per heavy atom. The fraction of sp³-hybridized carbons (Fsp3) is 0.250. The number of furan rings is 1. The summed E-state index contributed by atoms with van der Waals surface area (Å²) in [6, 6.07) is 8.47.